The van der Waals surface area contributed by atoms with Crippen LogP contribution in [0.25, 0.3) is 0 Å². The van der Waals surface area contributed by atoms with Crippen molar-refractivity contribution in [1.82, 2.24) is 0 Å². The summed E-state index contributed by atoms with van der Waals surface area (Å²) >= 11 is 0. The summed E-state index contributed by atoms with van der Waals surface area (Å²) in [4.78, 5) is 20.1. The highest BCUT2D eigenvalue weighted by molar-refractivity contribution is 5.78. The topological polar surface area (TPSA) is 60.2 Å². The van der Waals surface area contributed by atoms with Crippen LogP contribution in [0.2, 0.25) is 0 Å². The van der Waals surface area contributed by atoms with Gasteiger partial charge in [0.1, 0.15) is 11.6 Å². The molecule has 0 aliphatic rings. The second-order valence-electron chi connectivity index (χ2n) is 3.03. The molecule has 0 heterocycles. The molecular weight excluding hydrogens is 208 g/mol. The lowest BCUT2D eigenvalue weighted by molar-refractivity contribution is -0.387. The van der Waals surface area contributed by atoms with Crippen molar-refractivity contribution in [2.24, 2.45) is 0 Å². The quantitative estimate of drug-likeness (QED) is 0.572. The van der Waals surface area contributed by atoms with Gasteiger partial charge >= 0.3 is 5.69 Å². The molecule has 80 valence electrons. The van der Waals surface area contributed by atoms with Gasteiger partial charge in [-0.15, -0.1) is 0 Å². The van der Waals surface area contributed by atoms with E-state index in [1.807, 2.05) is 0 Å². The lowest BCUT2D eigenvalue weighted by Gasteiger charge is -2.01. The summed E-state index contributed by atoms with van der Waals surface area (Å²) in [6, 6.07) is 1.16. The number of nitrogens with zero attached hydrogens (tertiary/aromatic N) is 1. The van der Waals surface area contributed by atoms with Gasteiger partial charge in [-0.2, -0.15) is 4.39 Å². The van der Waals surface area contributed by atoms with E-state index in [0.717, 1.165) is 6.07 Å². The zero-order valence-corrected chi connectivity index (χ0v) is 7.79. The van der Waals surface area contributed by atoms with Gasteiger partial charge in [0.15, 0.2) is 0 Å². The predicted molar refractivity (Wildman–Crippen MR) is 47.4 cm³/mol. The van der Waals surface area contributed by atoms with Gasteiger partial charge in [-0.1, -0.05) is 0 Å². The number of carbonyl (C=O) groups excluding carboxylic acids is 1. The predicted octanol–water partition coefficient (Wildman–Crippen LogP) is 2.00. The maximum absolute atomic E-state index is 13.0. The molecule has 0 unspecified atom stereocenters. The highest BCUT2D eigenvalue weighted by Crippen LogP contribution is 2.21. The van der Waals surface area contributed by atoms with E-state index >= 15 is 0 Å². The summed E-state index contributed by atoms with van der Waals surface area (Å²) in [5.74, 6) is -2.55. The molecule has 0 atom stereocenters. The van der Waals surface area contributed by atoms with E-state index in [1.54, 1.807) is 0 Å². The van der Waals surface area contributed by atoms with Gasteiger partial charge in [-0.3, -0.25) is 14.9 Å². The molecule has 0 radical (unpaired) electrons. The number of halogens is 2. The van der Waals surface area contributed by atoms with Crippen molar-refractivity contribution in [3.05, 3.63) is 39.4 Å². The first-order valence-electron chi connectivity index (χ1n) is 4.03. The fourth-order valence-electron chi connectivity index (χ4n) is 1.12. The third-order valence-corrected chi connectivity index (χ3v) is 1.75. The first-order valence-corrected chi connectivity index (χ1v) is 4.03. The van der Waals surface area contributed by atoms with Crippen LogP contribution in [0.3, 0.4) is 0 Å². The Bertz CT molecular complexity index is 432. The molecule has 0 aromatic heterocycles. The number of hydrogen-bond donors (Lipinski definition) is 0. The lowest BCUT2D eigenvalue weighted by atomic mass is 10.1. The Hall–Kier alpha value is -1.85. The molecular formula is C9H7F2NO3. The second-order valence-corrected chi connectivity index (χ2v) is 3.03. The minimum Gasteiger partial charge on any atom is -0.300 e. The minimum absolute atomic E-state index is 0.171. The number of nitro groups is 1. The van der Waals surface area contributed by atoms with Crippen molar-refractivity contribution >= 4 is 11.5 Å². The van der Waals surface area contributed by atoms with Crippen LogP contribution in [0.4, 0.5) is 14.5 Å². The molecule has 0 saturated heterocycles. The number of Topliss-reactive ketones (excluding diaryl/α,β-unsaturated/α-hetero) is 1. The normalized spacial score (nSPS) is 10.1. The van der Waals surface area contributed by atoms with E-state index in [2.05, 4.69) is 0 Å². The van der Waals surface area contributed by atoms with Crippen LogP contribution in [0.1, 0.15) is 12.5 Å². The molecule has 0 aliphatic heterocycles. The Morgan fingerprint density at radius 3 is 2.47 bits per heavy atom. The monoisotopic (exact) mass is 215 g/mol. The van der Waals surface area contributed by atoms with Gasteiger partial charge in [0.25, 0.3) is 0 Å². The van der Waals surface area contributed by atoms with Crippen molar-refractivity contribution in [2.45, 2.75) is 13.3 Å². The van der Waals surface area contributed by atoms with Crippen LogP contribution >= 0.6 is 0 Å². The molecule has 0 spiro atoms. The van der Waals surface area contributed by atoms with Gasteiger partial charge < -0.3 is 0 Å². The molecule has 0 fully saturated rings. The second kappa shape index (κ2) is 4.12. The first-order chi connectivity index (χ1) is 6.91. The fraction of sp³-hybridized carbons (Fsp3) is 0.222. The third kappa shape index (κ3) is 2.55. The van der Waals surface area contributed by atoms with Gasteiger partial charge in [0, 0.05) is 24.1 Å². The summed E-state index contributed by atoms with van der Waals surface area (Å²) < 4.78 is 25.9. The van der Waals surface area contributed by atoms with Crippen LogP contribution < -0.4 is 0 Å². The number of rotatable bonds is 3. The van der Waals surface area contributed by atoms with E-state index in [4.69, 9.17) is 0 Å². The summed E-state index contributed by atoms with van der Waals surface area (Å²) in [5, 5.41) is 10.3. The van der Waals surface area contributed by atoms with Crippen LogP contribution in [-0.4, -0.2) is 10.7 Å². The minimum atomic E-state index is -1.25. The Labute approximate surface area is 83.7 Å². The van der Waals surface area contributed by atoms with E-state index in [0.29, 0.717) is 6.07 Å². The SMILES string of the molecule is CC(=O)Cc1cc([N+](=O)[O-])c(F)cc1F. The smallest absolute Gasteiger partial charge is 0.300 e. The van der Waals surface area contributed by atoms with Gasteiger partial charge in [-0.05, 0) is 6.92 Å². The van der Waals surface area contributed by atoms with Crippen LogP contribution in [0.15, 0.2) is 12.1 Å². The summed E-state index contributed by atoms with van der Waals surface area (Å²) in [7, 11) is 0. The molecule has 1 rings (SSSR count). The summed E-state index contributed by atoms with van der Waals surface area (Å²) in [6.45, 7) is 1.22. The Balaban J connectivity index is 3.23. The average Bonchev–Trinajstić information content (AvgIpc) is 2.08. The van der Waals surface area contributed by atoms with Crippen LogP contribution in [-0.2, 0) is 11.2 Å². The van der Waals surface area contributed by atoms with E-state index in [1.165, 1.54) is 6.92 Å². The van der Waals surface area contributed by atoms with Crippen molar-refractivity contribution < 1.29 is 18.5 Å². The fourth-order valence-corrected chi connectivity index (χ4v) is 1.12. The van der Waals surface area contributed by atoms with Crippen molar-refractivity contribution in [3.8, 4) is 0 Å². The van der Waals surface area contributed by atoms with Crippen LogP contribution in [0, 0.1) is 21.7 Å². The highest BCUT2D eigenvalue weighted by atomic mass is 19.1. The molecule has 0 saturated carbocycles. The molecule has 4 nitrogen and oxygen atoms in total. The molecule has 0 bridgehead atoms. The molecule has 6 heteroatoms. The highest BCUT2D eigenvalue weighted by Gasteiger charge is 2.18. The van der Waals surface area contributed by atoms with Gasteiger partial charge in [0.05, 0.1) is 4.92 Å². The molecule has 1 aromatic carbocycles. The van der Waals surface area contributed by atoms with Crippen molar-refractivity contribution in [2.75, 3.05) is 0 Å². The molecule has 0 N–H and O–H groups in total. The van der Waals surface area contributed by atoms with E-state index in [-0.39, 0.29) is 17.8 Å². The largest absolute Gasteiger partial charge is 0.305 e. The summed E-state index contributed by atoms with van der Waals surface area (Å²) in [5.41, 5.74) is -0.997. The zero-order valence-electron chi connectivity index (χ0n) is 7.79. The number of nitro benzene ring substituents is 1. The standard InChI is InChI=1S/C9H7F2NO3/c1-5(13)2-6-3-9(12(14)15)8(11)4-7(6)10/h3-4H,2H2,1H3. The maximum atomic E-state index is 13.0. The number of benzene rings is 1. The third-order valence-electron chi connectivity index (χ3n) is 1.75. The number of carbonyl (C=O) groups is 1. The van der Waals surface area contributed by atoms with E-state index < -0.39 is 22.2 Å². The first kappa shape index (κ1) is 11.2. The molecule has 0 amide bonds. The zero-order chi connectivity index (χ0) is 11.6. The Morgan fingerprint density at radius 1 is 1.40 bits per heavy atom. The van der Waals surface area contributed by atoms with E-state index in [9.17, 15) is 23.7 Å². The Kier molecular flexibility index (Phi) is 3.08. The average molecular weight is 215 g/mol. The Morgan fingerprint density at radius 2 is 2.00 bits per heavy atom. The molecule has 0 aliphatic carbocycles. The lowest BCUT2D eigenvalue weighted by Crippen LogP contribution is -2.02. The molecule has 1 aromatic rings. The van der Waals surface area contributed by atoms with Gasteiger partial charge in [-0.25, -0.2) is 4.39 Å². The van der Waals surface area contributed by atoms with Gasteiger partial charge in [0.2, 0.25) is 5.82 Å². The maximum Gasteiger partial charge on any atom is 0.305 e. The summed E-state index contributed by atoms with van der Waals surface area (Å²) in [6.07, 6.45) is -0.285. The van der Waals surface area contributed by atoms with Crippen molar-refractivity contribution in [3.63, 3.8) is 0 Å². The number of hydrogen-bond acceptors (Lipinski definition) is 3. The van der Waals surface area contributed by atoms with Crippen molar-refractivity contribution in [1.29, 1.82) is 0 Å². The number of ketones is 1. The molecule has 15 heavy (non-hydrogen) atoms. The van der Waals surface area contributed by atoms with Crippen LogP contribution in [0.5, 0.6) is 0 Å².